The molecule has 1 aliphatic carbocycles. The van der Waals surface area contributed by atoms with Gasteiger partial charge in [0.1, 0.15) is 12.4 Å². The third-order valence-corrected chi connectivity index (χ3v) is 4.68. The molecule has 1 radical (unpaired) electrons. The van der Waals surface area contributed by atoms with Crippen molar-refractivity contribution in [1.29, 1.82) is 0 Å². The molecule has 1 aliphatic heterocycles. The van der Waals surface area contributed by atoms with Gasteiger partial charge in [-0.1, -0.05) is 75.9 Å². The number of anilines is 1. The zero-order valence-corrected chi connectivity index (χ0v) is 19.5. The summed E-state index contributed by atoms with van der Waals surface area (Å²) in [5, 5.41) is 7.92. The van der Waals surface area contributed by atoms with Gasteiger partial charge >= 0.3 is 0 Å². The van der Waals surface area contributed by atoms with Crippen molar-refractivity contribution in [3.8, 4) is 5.75 Å². The zero-order valence-electron chi connectivity index (χ0n) is 17.8. The Bertz CT molecular complexity index is 942. The second-order valence-corrected chi connectivity index (χ2v) is 7.00. The molecule has 0 amide bonds. The van der Waals surface area contributed by atoms with Gasteiger partial charge in [-0.25, -0.2) is 0 Å². The fourth-order valence-electron chi connectivity index (χ4n) is 3.07. The van der Waals surface area contributed by atoms with Gasteiger partial charge in [0.25, 0.3) is 0 Å². The van der Waals surface area contributed by atoms with Crippen molar-refractivity contribution in [1.82, 2.24) is 0 Å². The molecule has 159 valence electrons. The van der Waals surface area contributed by atoms with Gasteiger partial charge in [0.15, 0.2) is 0 Å². The molecule has 1 unspecified atom stereocenters. The molecule has 1 N–H and O–H groups in total. The zero-order chi connectivity index (χ0) is 20.6. The van der Waals surface area contributed by atoms with Crippen molar-refractivity contribution >= 4 is 17.5 Å². The summed E-state index contributed by atoms with van der Waals surface area (Å²) in [7, 11) is 0. The first-order valence-corrected chi connectivity index (χ1v) is 10.3. The number of hydrogen-bond donors (Lipinski definition) is 1. The van der Waals surface area contributed by atoms with Crippen LogP contribution in [0.15, 0.2) is 84.7 Å². The molecule has 2 aromatic carbocycles. The molecule has 1 heterocycles. The van der Waals surface area contributed by atoms with E-state index in [1.807, 2.05) is 56.3 Å². The van der Waals surface area contributed by atoms with Crippen LogP contribution in [0, 0.1) is 5.92 Å². The Labute approximate surface area is 193 Å². The number of nitrogens with zero attached hydrogens (tertiary/aromatic N) is 1. The van der Waals surface area contributed by atoms with E-state index in [9.17, 15) is 0 Å². The summed E-state index contributed by atoms with van der Waals surface area (Å²) in [4.78, 5) is 0. The van der Waals surface area contributed by atoms with E-state index < -0.39 is 0 Å². The van der Waals surface area contributed by atoms with E-state index in [0.29, 0.717) is 12.5 Å². The minimum atomic E-state index is 0. The quantitative estimate of drug-likeness (QED) is 0.437. The molecule has 30 heavy (non-hydrogen) atoms. The summed E-state index contributed by atoms with van der Waals surface area (Å²) in [6, 6.07) is 14.3. The number of benzene rings is 2. The molecule has 1 atom stereocenters. The van der Waals surface area contributed by atoms with Crippen molar-refractivity contribution in [3.63, 3.8) is 0 Å². The molecule has 0 bridgehead atoms. The van der Waals surface area contributed by atoms with Crippen molar-refractivity contribution in [2.75, 3.05) is 5.32 Å². The van der Waals surface area contributed by atoms with Gasteiger partial charge in [0, 0.05) is 36.4 Å². The maximum absolute atomic E-state index is 5.95. The van der Waals surface area contributed by atoms with Gasteiger partial charge in [0.2, 0.25) is 0 Å². The normalized spacial score (nSPS) is 16.2. The van der Waals surface area contributed by atoms with Crippen LogP contribution < -0.4 is 10.1 Å². The average Bonchev–Trinajstić information content (AvgIpc) is 2.76. The fourth-order valence-corrected chi connectivity index (χ4v) is 3.07. The molecule has 0 saturated heterocycles. The smallest absolute Gasteiger partial charge is 0.120 e. The van der Waals surface area contributed by atoms with E-state index >= 15 is 0 Å². The Morgan fingerprint density at radius 3 is 2.53 bits per heavy atom. The van der Waals surface area contributed by atoms with Gasteiger partial charge in [-0.15, -0.1) is 11.4 Å². The van der Waals surface area contributed by atoms with Crippen molar-refractivity contribution < 1.29 is 24.2 Å². The summed E-state index contributed by atoms with van der Waals surface area (Å²) < 4.78 is 5.95. The topological polar surface area (TPSA) is 35.4 Å². The number of allylic oxidation sites excluding steroid dienone is 4. The van der Waals surface area contributed by atoms with Crippen LogP contribution in [0.5, 0.6) is 5.75 Å². The predicted octanol–water partition coefficient (Wildman–Crippen LogP) is 7.73. The molecule has 0 spiro atoms. The van der Waals surface area contributed by atoms with Crippen molar-refractivity contribution in [2.24, 2.45) is 5.92 Å². The number of nitrogens with one attached hydrogen (secondary N) is 1. The molecule has 2 aliphatic rings. The second kappa shape index (κ2) is 11.6. The first-order chi connectivity index (χ1) is 14.2. The third-order valence-electron chi connectivity index (χ3n) is 4.68. The molecule has 0 aromatic heterocycles. The molecule has 0 fully saturated rings. The predicted molar refractivity (Wildman–Crippen MR) is 124 cm³/mol. The van der Waals surface area contributed by atoms with Crippen LogP contribution in [0.25, 0.3) is 11.4 Å². The molecule has 3 nitrogen and oxygen atoms in total. The summed E-state index contributed by atoms with van der Waals surface area (Å²) in [5.74, 6) is 1.46. The monoisotopic (exact) mass is 488 g/mol. The first-order valence-electron chi connectivity index (χ1n) is 10.3. The average molecular weight is 488 g/mol. The maximum atomic E-state index is 5.95. The minimum Gasteiger partial charge on any atom is -0.658 e. The van der Waals surface area contributed by atoms with E-state index in [2.05, 4.69) is 54.5 Å². The summed E-state index contributed by atoms with van der Waals surface area (Å²) in [6.45, 7) is 10.7. The summed E-state index contributed by atoms with van der Waals surface area (Å²) >= 11 is 0. The van der Waals surface area contributed by atoms with Crippen LogP contribution in [0.4, 0.5) is 11.4 Å². The first kappa shape index (κ1) is 23.7. The van der Waals surface area contributed by atoms with Crippen molar-refractivity contribution in [2.45, 2.75) is 33.8 Å². The second-order valence-electron chi connectivity index (χ2n) is 7.00. The van der Waals surface area contributed by atoms with Gasteiger partial charge in [-0.3, -0.25) is 0 Å². The molecular formula is C26H29N2ORh-. The number of fused-ring (bicyclic) bond motifs is 1. The third kappa shape index (κ3) is 6.47. The standard InChI is InChI=1S/C24H23N2O.C2H6.Rh/c1-17-3-9-21(10-4-17)26-22-11-6-19(7-12-22)16-27-23-13-14-24-20(15-23)8-5-18(2)25-24;1-2;/h3,5-15,17,25H,2,4,16H2,1H3;1-2H3;/q-1;;. The minimum absolute atomic E-state index is 0. The van der Waals surface area contributed by atoms with Gasteiger partial charge in [-0.2, -0.15) is 0 Å². The van der Waals surface area contributed by atoms with Crippen LogP contribution in [-0.4, -0.2) is 0 Å². The van der Waals surface area contributed by atoms with Gasteiger partial charge in [-0.05, 0) is 42.2 Å². The SMILES string of the molecule is C=C1C=Cc2cc(OCc3ccc([N-]C4=CCC(C)C=C4)cc3)ccc2N1.CC.[Rh]. The fraction of sp³-hybridized carbons (Fsp3) is 0.231. The van der Waals surface area contributed by atoms with Crippen LogP contribution in [0.3, 0.4) is 0 Å². The van der Waals surface area contributed by atoms with Crippen LogP contribution in [-0.2, 0) is 26.1 Å². The van der Waals surface area contributed by atoms with Gasteiger partial charge < -0.3 is 15.4 Å². The molecule has 2 aromatic rings. The maximum Gasteiger partial charge on any atom is 0.120 e. The van der Waals surface area contributed by atoms with Crippen LogP contribution in [0.2, 0.25) is 0 Å². The largest absolute Gasteiger partial charge is 0.658 e. The molecule has 4 heteroatoms. The van der Waals surface area contributed by atoms with Gasteiger partial charge in [0.05, 0.1) is 0 Å². The number of hydrogen-bond acceptors (Lipinski definition) is 2. The molecule has 4 rings (SSSR count). The number of ether oxygens (including phenoxy) is 1. The van der Waals surface area contributed by atoms with E-state index in [4.69, 9.17) is 4.74 Å². The van der Waals surface area contributed by atoms with E-state index in [1.54, 1.807) is 0 Å². The van der Waals surface area contributed by atoms with Crippen molar-refractivity contribution in [3.05, 3.63) is 101 Å². The van der Waals surface area contributed by atoms with E-state index in [1.165, 1.54) is 0 Å². The molecular weight excluding hydrogens is 459 g/mol. The Kier molecular flexibility index (Phi) is 9.14. The summed E-state index contributed by atoms with van der Waals surface area (Å²) in [5.41, 5.74) is 6.19. The van der Waals surface area contributed by atoms with E-state index in [0.717, 1.165) is 46.1 Å². The summed E-state index contributed by atoms with van der Waals surface area (Å²) in [6.07, 6.45) is 11.6. The Morgan fingerprint density at radius 1 is 1.07 bits per heavy atom. The Balaban J connectivity index is 0.00000104. The Hall–Kier alpha value is -2.58. The number of rotatable bonds is 5. The van der Waals surface area contributed by atoms with Crippen LogP contribution >= 0.6 is 0 Å². The van der Waals surface area contributed by atoms with E-state index in [-0.39, 0.29) is 19.5 Å². The molecule has 0 saturated carbocycles. The van der Waals surface area contributed by atoms with Crippen LogP contribution in [0.1, 0.15) is 38.3 Å². The Morgan fingerprint density at radius 2 is 1.83 bits per heavy atom.